The van der Waals surface area contributed by atoms with Gasteiger partial charge < -0.3 is 20.2 Å². The van der Waals surface area contributed by atoms with Gasteiger partial charge in [-0.25, -0.2) is 4.79 Å². The molecule has 1 saturated carbocycles. The lowest BCUT2D eigenvalue weighted by atomic mass is 10.4. The number of rotatable bonds is 6. The van der Waals surface area contributed by atoms with E-state index >= 15 is 0 Å². The molecule has 0 radical (unpaired) electrons. The van der Waals surface area contributed by atoms with Crippen molar-refractivity contribution in [1.29, 1.82) is 0 Å². The van der Waals surface area contributed by atoms with Crippen LogP contribution in [0.2, 0.25) is 0 Å². The number of nitrogens with one attached hydrogen (secondary N) is 1. The van der Waals surface area contributed by atoms with Gasteiger partial charge in [0.25, 0.3) is 0 Å². The lowest BCUT2D eigenvalue weighted by Crippen LogP contribution is -2.47. The number of amides is 3. The number of carboxylic acid groups (broad SMARTS) is 1. The van der Waals surface area contributed by atoms with E-state index in [1.807, 2.05) is 0 Å². The van der Waals surface area contributed by atoms with Gasteiger partial charge in [-0.3, -0.25) is 9.59 Å². The van der Waals surface area contributed by atoms with E-state index in [-0.39, 0.29) is 25.0 Å². The molecule has 19 heavy (non-hydrogen) atoms. The van der Waals surface area contributed by atoms with E-state index in [1.54, 1.807) is 0 Å². The zero-order valence-electron chi connectivity index (χ0n) is 10.8. The van der Waals surface area contributed by atoms with Crippen molar-refractivity contribution >= 4 is 17.9 Å². The molecule has 0 saturated heterocycles. The lowest BCUT2D eigenvalue weighted by Gasteiger charge is -2.25. The molecule has 0 aliphatic heterocycles. The number of terminal acetylenes is 1. The summed E-state index contributed by atoms with van der Waals surface area (Å²) in [5.41, 5.74) is 0. The van der Waals surface area contributed by atoms with Gasteiger partial charge in [-0.15, -0.1) is 6.42 Å². The van der Waals surface area contributed by atoms with Gasteiger partial charge in [-0.05, 0) is 12.8 Å². The summed E-state index contributed by atoms with van der Waals surface area (Å²) < 4.78 is 0. The molecule has 2 N–H and O–H groups in total. The number of likely N-dealkylation sites (N-methyl/N-ethyl adjacent to an activating group) is 1. The van der Waals surface area contributed by atoms with E-state index in [4.69, 9.17) is 11.5 Å². The topological polar surface area (TPSA) is 90.0 Å². The molecule has 1 aliphatic carbocycles. The number of urea groups is 1. The van der Waals surface area contributed by atoms with Crippen molar-refractivity contribution in [3.63, 3.8) is 0 Å². The number of aliphatic carboxylic acids is 1. The van der Waals surface area contributed by atoms with E-state index in [2.05, 4.69) is 11.2 Å². The van der Waals surface area contributed by atoms with E-state index in [9.17, 15) is 14.4 Å². The second-order valence-electron chi connectivity index (χ2n) is 4.43. The van der Waals surface area contributed by atoms with Crippen LogP contribution < -0.4 is 5.32 Å². The first kappa shape index (κ1) is 14.8. The highest BCUT2D eigenvalue weighted by Crippen LogP contribution is 2.18. The Kier molecular flexibility index (Phi) is 5.18. The minimum absolute atomic E-state index is 0.111. The van der Waals surface area contributed by atoms with Crippen molar-refractivity contribution in [1.82, 2.24) is 15.1 Å². The second kappa shape index (κ2) is 6.64. The highest BCUT2D eigenvalue weighted by Gasteiger charge is 2.26. The third-order valence-electron chi connectivity index (χ3n) is 2.53. The standard InChI is InChI=1S/C12H17N3O4/c1-3-6-15(8-11(17)18)12(19)14(2)7-10(16)13-9-4-5-9/h1,9H,4-8H2,2H3,(H,13,16)(H,17,18). The van der Waals surface area contributed by atoms with Crippen LogP contribution in [-0.4, -0.2) is 65.5 Å². The van der Waals surface area contributed by atoms with Crippen LogP contribution in [0.5, 0.6) is 0 Å². The second-order valence-corrected chi connectivity index (χ2v) is 4.43. The van der Waals surface area contributed by atoms with Crippen LogP contribution in [0.3, 0.4) is 0 Å². The Labute approximate surface area is 111 Å². The van der Waals surface area contributed by atoms with Gasteiger partial charge in [0.1, 0.15) is 13.1 Å². The van der Waals surface area contributed by atoms with Crippen LogP contribution in [0.4, 0.5) is 4.79 Å². The number of carbonyl (C=O) groups is 3. The summed E-state index contributed by atoms with van der Waals surface area (Å²) in [6, 6.07) is -0.358. The van der Waals surface area contributed by atoms with E-state index in [1.165, 1.54) is 7.05 Å². The number of hydrogen-bond acceptors (Lipinski definition) is 3. The first-order valence-electron chi connectivity index (χ1n) is 5.88. The van der Waals surface area contributed by atoms with Gasteiger partial charge >= 0.3 is 12.0 Å². The Balaban J connectivity index is 2.48. The quantitative estimate of drug-likeness (QED) is 0.625. The first-order chi connectivity index (χ1) is 8.93. The molecule has 1 aliphatic rings. The number of nitrogens with zero attached hydrogens (tertiary/aromatic N) is 2. The van der Waals surface area contributed by atoms with Crippen LogP contribution >= 0.6 is 0 Å². The van der Waals surface area contributed by atoms with Gasteiger partial charge in [-0.1, -0.05) is 5.92 Å². The van der Waals surface area contributed by atoms with Crippen LogP contribution in [0.25, 0.3) is 0 Å². The smallest absolute Gasteiger partial charge is 0.323 e. The first-order valence-corrected chi connectivity index (χ1v) is 5.88. The van der Waals surface area contributed by atoms with E-state index in [0.29, 0.717) is 0 Å². The van der Waals surface area contributed by atoms with E-state index < -0.39 is 18.5 Å². The molecule has 104 valence electrons. The monoisotopic (exact) mass is 267 g/mol. The number of carbonyl (C=O) groups excluding carboxylic acids is 2. The third-order valence-corrected chi connectivity index (χ3v) is 2.53. The zero-order valence-corrected chi connectivity index (χ0v) is 10.8. The van der Waals surface area contributed by atoms with Crippen molar-refractivity contribution in [3.05, 3.63) is 0 Å². The summed E-state index contributed by atoms with van der Waals surface area (Å²) in [7, 11) is 1.43. The molecule has 0 heterocycles. The van der Waals surface area contributed by atoms with Crippen molar-refractivity contribution < 1.29 is 19.5 Å². The fourth-order valence-electron chi connectivity index (χ4n) is 1.49. The normalized spacial score (nSPS) is 13.3. The minimum Gasteiger partial charge on any atom is -0.480 e. The molecule has 7 heteroatoms. The molecule has 0 spiro atoms. The summed E-state index contributed by atoms with van der Waals surface area (Å²) in [6.45, 7) is -0.715. The highest BCUT2D eigenvalue weighted by atomic mass is 16.4. The molecular weight excluding hydrogens is 250 g/mol. The average Bonchev–Trinajstić information content (AvgIpc) is 3.10. The molecule has 1 rings (SSSR count). The Morgan fingerprint density at radius 1 is 1.37 bits per heavy atom. The van der Waals surface area contributed by atoms with Crippen molar-refractivity contribution in [3.8, 4) is 12.3 Å². The van der Waals surface area contributed by atoms with Gasteiger partial charge in [-0.2, -0.15) is 0 Å². The number of hydrogen-bond donors (Lipinski definition) is 2. The molecule has 7 nitrogen and oxygen atoms in total. The summed E-state index contributed by atoms with van der Waals surface area (Å²) in [5.74, 6) is 0.810. The van der Waals surface area contributed by atoms with Gasteiger partial charge in [0.15, 0.2) is 0 Å². The van der Waals surface area contributed by atoms with Crippen LogP contribution in [0.15, 0.2) is 0 Å². The number of carboxylic acids is 1. The zero-order chi connectivity index (χ0) is 14.4. The maximum Gasteiger partial charge on any atom is 0.323 e. The molecule has 0 atom stereocenters. The molecule has 0 bridgehead atoms. The van der Waals surface area contributed by atoms with Crippen LogP contribution in [-0.2, 0) is 9.59 Å². The third kappa shape index (κ3) is 5.29. The average molecular weight is 267 g/mol. The Hall–Kier alpha value is -2.23. The molecule has 0 aromatic heterocycles. The molecular formula is C12H17N3O4. The van der Waals surface area contributed by atoms with Crippen LogP contribution in [0, 0.1) is 12.3 Å². The fourth-order valence-corrected chi connectivity index (χ4v) is 1.49. The van der Waals surface area contributed by atoms with Crippen molar-refractivity contribution in [2.24, 2.45) is 0 Å². The van der Waals surface area contributed by atoms with Crippen molar-refractivity contribution in [2.75, 3.05) is 26.7 Å². The Bertz CT molecular complexity index is 412. The maximum atomic E-state index is 11.9. The molecule has 0 aromatic carbocycles. The summed E-state index contributed by atoms with van der Waals surface area (Å²) in [4.78, 5) is 36.2. The predicted molar refractivity (Wildman–Crippen MR) is 67.2 cm³/mol. The molecule has 1 fully saturated rings. The van der Waals surface area contributed by atoms with Crippen LogP contribution in [0.1, 0.15) is 12.8 Å². The highest BCUT2D eigenvalue weighted by molar-refractivity contribution is 5.85. The SMILES string of the molecule is C#CCN(CC(=O)O)C(=O)N(C)CC(=O)NC1CC1. The maximum absolute atomic E-state index is 11.9. The van der Waals surface area contributed by atoms with Gasteiger partial charge in [0.05, 0.1) is 6.54 Å². The predicted octanol–water partition coefficient (Wildman–Crippen LogP) is -0.663. The lowest BCUT2D eigenvalue weighted by molar-refractivity contribution is -0.137. The molecule has 0 aromatic rings. The molecule has 3 amide bonds. The summed E-state index contributed by atoms with van der Waals surface area (Å²) in [5, 5.41) is 11.4. The molecule has 0 unspecified atom stereocenters. The van der Waals surface area contributed by atoms with Gasteiger partial charge in [0, 0.05) is 13.1 Å². The Morgan fingerprint density at radius 2 is 2.00 bits per heavy atom. The fraction of sp³-hybridized carbons (Fsp3) is 0.583. The van der Waals surface area contributed by atoms with E-state index in [0.717, 1.165) is 22.6 Å². The largest absolute Gasteiger partial charge is 0.480 e. The van der Waals surface area contributed by atoms with Crippen molar-refractivity contribution in [2.45, 2.75) is 18.9 Å². The minimum atomic E-state index is -1.15. The Morgan fingerprint density at radius 3 is 2.47 bits per heavy atom. The summed E-state index contributed by atoms with van der Waals surface area (Å²) >= 11 is 0. The van der Waals surface area contributed by atoms with Gasteiger partial charge in [0.2, 0.25) is 5.91 Å². The summed E-state index contributed by atoms with van der Waals surface area (Å²) in [6.07, 6.45) is 7.01.